The van der Waals surface area contributed by atoms with Crippen LogP contribution in [0.25, 0.3) is 0 Å². The number of nitrogens with two attached hydrogens (primary N) is 1. The van der Waals surface area contributed by atoms with E-state index in [0.717, 1.165) is 16.9 Å². The lowest BCUT2D eigenvalue weighted by Crippen LogP contribution is -2.38. The molecule has 126 valence electrons. The van der Waals surface area contributed by atoms with E-state index in [9.17, 15) is 4.79 Å². The van der Waals surface area contributed by atoms with Crippen molar-refractivity contribution >= 4 is 23.2 Å². The van der Waals surface area contributed by atoms with E-state index < -0.39 is 0 Å². The highest BCUT2D eigenvalue weighted by Gasteiger charge is 2.08. The van der Waals surface area contributed by atoms with Crippen molar-refractivity contribution in [3.63, 3.8) is 0 Å². The molecule has 0 saturated heterocycles. The number of ether oxygens (including phenoxy) is 2. The van der Waals surface area contributed by atoms with E-state index in [1.807, 2.05) is 54.6 Å². The van der Waals surface area contributed by atoms with Gasteiger partial charge in [-0.25, -0.2) is 5.84 Å². The summed E-state index contributed by atoms with van der Waals surface area (Å²) in [4.78, 5) is 11.2. The molecule has 0 fully saturated rings. The van der Waals surface area contributed by atoms with Gasteiger partial charge in [0.1, 0.15) is 24.0 Å². The molecule has 0 amide bonds. The standard InChI is InChI=1S/C18H20N2O3S/c1-14(21)22-13-18(24)20(19)11-16-8-5-9-17(10-16)23-12-15-6-3-2-4-7-15/h2-10H,11-13,19H2,1H3. The van der Waals surface area contributed by atoms with Crippen molar-refractivity contribution in [2.24, 2.45) is 5.84 Å². The number of hydrazine groups is 1. The molecule has 2 aromatic carbocycles. The minimum absolute atomic E-state index is 0.00532. The third-order valence-electron chi connectivity index (χ3n) is 3.22. The Labute approximate surface area is 146 Å². The molecule has 0 bridgehead atoms. The number of rotatable bonds is 7. The first-order valence-corrected chi connectivity index (χ1v) is 7.89. The zero-order valence-corrected chi connectivity index (χ0v) is 14.3. The van der Waals surface area contributed by atoms with Crippen LogP contribution in [0.15, 0.2) is 54.6 Å². The summed E-state index contributed by atoms with van der Waals surface area (Å²) in [5.74, 6) is 6.28. The van der Waals surface area contributed by atoms with E-state index in [2.05, 4.69) is 0 Å². The van der Waals surface area contributed by atoms with Gasteiger partial charge in [0.25, 0.3) is 0 Å². The highest BCUT2D eigenvalue weighted by Crippen LogP contribution is 2.16. The number of hydrogen-bond acceptors (Lipinski definition) is 5. The van der Waals surface area contributed by atoms with Crippen molar-refractivity contribution in [3.05, 3.63) is 65.7 Å². The molecule has 2 aromatic rings. The first kappa shape index (κ1) is 17.9. The van der Waals surface area contributed by atoms with E-state index in [1.54, 1.807) is 0 Å². The van der Waals surface area contributed by atoms with Crippen molar-refractivity contribution in [1.82, 2.24) is 5.01 Å². The van der Waals surface area contributed by atoms with Gasteiger partial charge >= 0.3 is 5.97 Å². The second-order valence-electron chi connectivity index (χ2n) is 5.22. The van der Waals surface area contributed by atoms with E-state index in [4.69, 9.17) is 27.5 Å². The number of nitrogens with zero attached hydrogens (tertiary/aromatic N) is 1. The first-order chi connectivity index (χ1) is 11.5. The van der Waals surface area contributed by atoms with Crippen LogP contribution in [-0.4, -0.2) is 22.6 Å². The molecule has 0 atom stereocenters. The number of esters is 1. The van der Waals surface area contributed by atoms with Crippen LogP contribution in [0.1, 0.15) is 18.1 Å². The summed E-state index contributed by atoms with van der Waals surface area (Å²) >= 11 is 5.13. The Balaban J connectivity index is 1.90. The van der Waals surface area contributed by atoms with Crippen LogP contribution < -0.4 is 10.6 Å². The Morgan fingerprint density at radius 3 is 2.54 bits per heavy atom. The fourth-order valence-electron chi connectivity index (χ4n) is 2.01. The minimum atomic E-state index is -0.387. The summed E-state index contributed by atoms with van der Waals surface area (Å²) in [6.07, 6.45) is 0. The normalized spacial score (nSPS) is 10.1. The number of hydrogen-bond donors (Lipinski definition) is 1. The van der Waals surface area contributed by atoms with Crippen LogP contribution >= 0.6 is 12.2 Å². The Kier molecular flexibility index (Phi) is 6.72. The van der Waals surface area contributed by atoms with Crippen molar-refractivity contribution in [3.8, 4) is 5.75 Å². The number of thiocarbonyl (C=S) groups is 1. The maximum atomic E-state index is 10.8. The number of carbonyl (C=O) groups is 1. The smallest absolute Gasteiger partial charge is 0.303 e. The van der Waals surface area contributed by atoms with Crippen LogP contribution in [0.3, 0.4) is 0 Å². The van der Waals surface area contributed by atoms with Gasteiger partial charge in [-0.05, 0) is 23.3 Å². The number of carbonyl (C=O) groups excluding carboxylic acids is 1. The van der Waals surface area contributed by atoms with Crippen molar-refractivity contribution < 1.29 is 14.3 Å². The highest BCUT2D eigenvalue weighted by molar-refractivity contribution is 7.80. The topological polar surface area (TPSA) is 64.8 Å². The van der Waals surface area contributed by atoms with Crippen LogP contribution in [0.2, 0.25) is 0 Å². The van der Waals surface area contributed by atoms with Crippen LogP contribution in [-0.2, 0) is 22.7 Å². The molecule has 0 aliphatic heterocycles. The summed E-state index contributed by atoms with van der Waals surface area (Å²) in [6, 6.07) is 17.6. The average Bonchev–Trinajstić information content (AvgIpc) is 2.59. The molecule has 2 N–H and O–H groups in total. The Morgan fingerprint density at radius 2 is 1.83 bits per heavy atom. The molecule has 0 aliphatic carbocycles. The lowest BCUT2D eigenvalue weighted by Gasteiger charge is -2.19. The Bertz CT molecular complexity index is 692. The van der Waals surface area contributed by atoms with Gasteiger partial charge in [0.05, 0.1) is 6.54 Å². The van der Waals surface area contributed by atoms with Crippen molar-refractivity contribution in [2.45, 2.75) is 20.1 Å². The monoisotopic (exact) mass is 344 g/mol. The van der Waals surface area contributed by atoms with Gasteiger partial charge in [0.15, 0.2) is 0 Å². The minimum Gasteiger partial charge on any atom is -0.489 e. The van der Waals surface area contributed by atoms with E-state index in [1.165, 1.54) is 11.9 Å². The zero-order valence-electron chi connectivity index (χ0n) is 13.5. The van der Waals surface area contributed by atoms with Gasteiger partial charge in [0.2, 0.25) is 0 Å². The molecule has 0 saturated carbocycles. The lowest BCUT2D eigenvalue weighted by molar-refractivity contribution is -0.139. The second kappa shape index (κ2) is 9.00. The Hall–Kier alpha value is -2.44. The maximum absolute atomic E-state index is 10.8. The predicted molar refractivity (Wildman–Crippen MR) is 96.2 cm³/mol. The second-order valence-corrected chi connectivity index (χ2v) is 5.69. The van der Waals surface area contributed by atoms with Crippen molar-refractivity contribution in [2.75, 3.05) is 6.61 Å². The molecule has 2 rings (SSSR count). The van der Waals surface area contributed by atoms with Crippen molar-refractivity contribution in [1.29, 1.82) is 0 Å². The molecule has 6 heteroatoms. The molecule has 0 aromatic heterocycles. The summed E-state index contributed by atoms with van der Waals surface area (Å²) in [6.45, 7) is 2.24. The highest BCUT2D eigenvalue weighted by atomic mass is 32.1. The SMILES string of the molecule is CC(=O)OCC(=S)N(N)Cc1cccc(OCc2ccccc2)c1. The van der Waals surface area contributed by atoms with E-state index >= 15 is 0 Å². The van der Waals surface area contributed by atoms with Gasteiger partial charge < -0.3 is 9.47 Å². The fourth-order valence-corrected chi connectivity index (χ4v) is 2.13. The molecule has 0 unspecified atom stereocenters. The maximum Gasteiger partial charge on any atom is 0.303 e. The Morgan fingerprint density at radius 1 is 1.12 bits per heavy atom. The van der Waals surface area contributed by atoms with Gasteiger partial charge in [-0.15, -0.1) is 0 Å². The van der Waals surface area contributed by atoms with Crippen LogP contribution in [0.4, 0.5) is 0 Å². The molecule has 0 aliphatic rings. The van der Waals surface area contributed by atoms with Gasteiger partial charge in [-0.3, -0.25) is 9.80 Å². The lowest BCUT2D eigenvalue weighted by atomic mass is 10.2. The molecular weight excluding hydrogens is 324 g/mol. The average molecular weight is 344 g/mol. The van der Waals surface area contributed by atoms with E-state index in [-0.39, 0.29) is 12.6 Å². The molecular formula is C18H20N2O3S. The number of benzene rings is 2. The molecule has 0 spiro atoms. The fraction of sp³-hybridized carbons (Fsp3) is 0.222. The summed E-state index contributed by atoms with van der Waals surface area (Å²) in [5, 5.41) is 1.38. The quantitative estimate of drug-likeness (QED) is 0.361. The van der Waals surface area contributed by atoms with Crippen LogP contribution in [0, 0.1) is 0 Å². The molecule has 5 nitrogen and oxygen atoms in total. The predicted octanol–water partition coefficient (Wildman–Crippen LogP) is 2.83. The zero-order chi connectivity index (χ0) is 17.4. The van der Waals surface area contributed by atoms with Crippen LogP contribution in [0.5, 0.6) is 5.75 Å². The third-order valence-corrected chi connectivity index (χ3v) is 3.57. The third kappa shape index (κ3) is 5.98. The summed E-state index contributed by atoms with van der Waals surface area (Å²) in [7, 11) is 0. The van der Waals surface area contributed by atoms with Gasteiger partial charge in [0, 0.05) is 6.92 Å². The molecule has 0 heterocycles. The van der Waals surface area contributed by atoms with Gasteiger partial charge in [-0.1, -0.05) is 54.7 Å². The molecule has 24 heavy (non-hydrogen) atoms. The largest absolute Gasteiger partial charge is 0.489 e. The first-order valence-electron chi connectivity index (χ1n) is 7.48. The summed E-state index contributed by atoms with van der Waals surface area (Å²) < 4.78 is 10.6. The summed E-state index contributed by atoms with van der Waals surface area (Å²) in [5.41, 5.74) is 2.05. The van der Waals surface area contributed by atoms with E-state index in [0.29, 0.717) is 18.1 Å². The van der Waals surface area contributed by atoms with Gasteiger partial charge in [-0.2, -0.15) is 0 Å². The molecule has 0 radical (unpaired) electrons.